The lowest BCUT2D eigenvalue weighted by atomic mass is 10.1. The molecule has 0 spiro atoms. The molecule has 0 saturated carbocycles. The highest BCUT2D eigenvalue weighted by atomic mass is 16.3. The lowest BCUT2D eigenvalue weighted by molar-refractivity contribution is 0.135. The monoisotopic (exact) mass is 239 g/mol. The second kappa shape index (κ2) is 5.24. The van der Waals surface area contributed by atoms with Crippen LogP contribution in [0.4, 0.5) is 0 Å². The first-order valence-electron chi connectivity index (χ1n) is 5.62. The van der Waals surface area contributed by atoms with Gasteiger partial charge in [-0.1, -0.05) is 0 Å². The van der Waals surface area contributed by atoms with Crippen LogP contribution in [-0.2, 0) is 0 Å². The summed E-state index contributed by atoms with van der Waals surface area (Å²) < 4.78 is 0. The van der Waals surface area contributed by atoms with E-state index in [1.54, 1.807) is 6.34 Å². The Morgan fingerprint density at radius 2 is 2.12 bits per heavy atom. The first kappa shape index (κ1) is 12.0. The van der Waals surface area contributed by atoms with Gasteiger partial charge in [-0.25, -0.2) is 9.98 Å². The zero-order valence-corrected chi connectivity index (χ0v) is 9.48. The van der Waals surface area contributed by atoms with Crippen LogP contribution in [-0.4, -0.2) is 65.6 Å². The van der Waals surface area contributed by atoms with E-state index in [1.807, 2.05) is 4.90 Å². The summed E-state index contributed by atoms with van der Waals surface area (Å²) in [4.78, 5) is 14.4. The minimum absolute atomic E-state index is 0.0115. The molecule has 2 unspecified atom stereocenters. The van der Waals surface area contributed by atoms with Crippen LogP contribution < -0.4 is 5.73 Å². The third kappa shape index (κ3) is 2.45. The third-order valence-electron chi connectivity index (χ3n) is 3.04. The van der Waals surface area contributed by atoms with Crippen molar-refractivity contribution in [2.75, 3.05) is 19.8 Å². The average Bonchev–Trinajstić information content (AvgIpc) is 2.75. The van der Waals surface area contributed by atoms with Crippen LogP contribution >= 0.6 is 0 Å². The fourth-order valence-electron chi connectivity index (χ4n) is 1.89. The Bertz CT molecular complexity index is 351. The van der Waals surface area contributed by atoms with Gasteiger partial charge in [0.2, 0.25) is 0 Å². The molecule has 2 aliphatic heterocycles. The molecule has 0 aromatic rings. The highest BCUT2D eigenvalue weighted by Crippen LogP contribution is 2.18. The van der Waals surface area contributed by atoms with Crippen molar-refractivity contribution in [3.8, 4) is 0 Å². The van der Waals surface area contributed by atoms with Crippen molar-refractivity contribution in [3.05, 3.63) is 0 Å². The van der Waals surface area contributed by atoms with Gasteiger partial charge in [-0.3, -0.25) is 4.99 Å². The summed E-state index contributed by atoms with van der Waals surface area (Å²) in [7, 11) is 0. The third-order valence-corrected chi connectivity index (χ3v) is 3.04. The maximum atomic E-state index is 8.99. The maximum Gasteiger partial charge on any atom is 0.153 e. The van der Waals surface area contributed by atoms with Crippen LogP contribution in [0.1, 0.15) is 6.42 Å². The number of aliphatic hydroxyl groups excluding tert-OH is 2. The number of amidine groups is 1. The number of nitrogens with two attached hydrogens (primary N) is 1. The summed E-state index contributed by atoms with van der Waals surface area (Å²) in [6.45, 7) is 0.659. The summed E-state index contributed by atoms with van der Waals surface area (Å²) >= 11 is 0. The van der Waals surface area contributed by atoms with E-state index in [2.05, 4.69) is 15.0 Å². The summed E-state index contributed by atoms with van der Waals surface area (Å²) in [5.41, 5.74) is 5.73. The van der Waals surface area contributed by atoms with Crippen molar-refractivity contribution in [1.29, 1.82) is 0 Å². The number of nitrogens with zero attached hydrogens (tertiary/aromatic N) is 4. The van der Waals surface area contributed by atoms with E-state index in [-0.39, 0.29) is 31.3 Å². The molecule has 7 nitrogen and oxygen atoms in total. The average molecular weight is 239 g/mol. The van der Waals surface area contributed by atoms with Crippen molar-refractivity contribution in [2.24, 2.45) is 26.6 Å². The molecule has 0 aromatic carbocycles. The Morgan fingerprint density at radius 3 is 2.82 bits per heavy atom. The molecule has 94 valence electrons. The number of aliphatic imine (C=N–C) groups is 3. The summed E-state index contributed by atoms with van der Waals surface area (Å²) in [6, 6.07) is -0.193. The zero-order valence-electron chi connectivity index (χ0n) is 9.48. The molecule has 2 rings (SSSR count). The van der Waals surface area contributed by atoms with Gasteiger partial charge in [-0.2, -0.15) is 0 Å². The molecule has 0 amide bonds. The topological polar surface area (TPSA) is 107 Å². The number of hydrogen-bond acceptors (Lipinski definition) is 7. The summed E-state index contributed by atoms with van der Waals surface area (Å²) in [5.74, 6) is 0.380. The van der Waals surface area contributed by atoms with Crippen LogP contribution in [0.2, 0.25) is 0 Å². The van der Waals surface area contributed by atoms with Gasteiger partial charge < -0.3 is 20.8 Å². The molecule has 0 aromatic heterocycles. The van der Waals surface area contributed by atoms with Crippen LogP contribution in [0.5, 0.6) is 0 Å². The largest absolute Gasteiger partial charge is 0.396 e. The van der Waals surface area contributed by atoms with E-state index in [4.69, 9.17) is 15.9 Å². The second-order valence-electron chi connectivity index (χ2n) is 4.20. The van der Waals surface area contributed by atoms with Crippen LogP contribution in [0.3, 0.4) is 0 Å². The lowest BCUT2D eigenvalue weighted by Crippen LogP contribution is -2.44. The number of hydrogen-bond donors (Lipinski definition) is 3. The summed E-state index contributed by atoms with van der Waals surface area (Å²) in [5, 5.41) is 18.0. The van der Waals surface area contributed by atoms with Crippen LogP contribution in [0.15, 0.2) is 15.0 Å². The molecule has 17 heavy (non-hydrogen) atoms. The van der Waals surface area contributed by atoms with Crippen LogP contribution in [0, 0.1) is 5.92 Å². The van der Waals surface area contributed by atoms with E-state index >= 15 is 0 Å². The molecule has 0 radical (unpaired) electrons. The minimum atomic E-state index is -0.193. The van der Waals surface area contributed by atoms with Gasteiger partial charge in [0.05, 0.1) is 6.34 Å². The molecule has 2 aliphatic rings. The van der Waals surface area contributed by atoms with Gasteiger partial charge in [0.1, 0.15) is 18.2 Å². The lowest BCUT2D eigenvalue weighted by Gasteiger charge is -2.26. The molecular weight excluding hydrogens is 222 g/mol. The molecular formula is C10H17N5O2. The SMILES string of the molecule is NC1=NC=NC2C1N=CN2CCC(CO)CO. The minimum Gasteiger partial charge on any atom is -0.396 e. The van der Waals surface area contributed by atoms with E-state index in [9.17, 15) is 0 Å². The Labute approximate surface area is 99.4 Å². The van der Waals surface area contributed by atoms with Gasteiger partial charge in [-0.05, 0) is 6.42 Å². The fraction of sp³-hybridized carbons (Fsp3) is 0.700. The van der Waals surface area contributed by atoms with Gasteiger partial charge >= 0.3 is 0 Å². The quantitative estimate of drug-likeness (QED) is 0.538. The van der Waals surface area contributed by atoms with E-state index in [0.29, 0.717) is 18.8 Å². The van der Waals surface area contributed by atoms with Crippen molar-refractivity contribution in [2.45, 2.75) is 18.6 Å². The Morgan fingerprint density at radius 1 is 1.35 bits per heavy atom. The molecule has 4 N–H and O–H groups in total. The van der Waals surface area contributed by atoms with Crippen LogP contribution in [0.25, 0.3) is 0 Å². The number of fused-ring (bicyclic) bond motifs is 1. The number of aliphatic hydroxyl groups is 2. The van der Waals surface area contributed by atoms with Gasteiger partial charge in [0.15, 0.2) is 6.17 Å². The van der Waals surface area contributed by atoms with Crippen molar-refractivity contribution in [1.82, 2.24) is 4.90 Å². The van der Waals surface area contributed by atoms with Gasteiger partial charge in [-0.15, -0.1) is 0 Å². The fourth-order valence-corrected chi connectivity index (χ4v) is 1.89. The first-order chi connectivity index (χ1) is 8.26. The molecule has 0 saturated heterocycles. The van der Waals surface area contributed by atoms with Crippen molar-refractivity contribution in [3.63, 3.8) is 0 Å². The smallest absolute Gasteiger partial charge is 0.153 e. The molecule has 2 atom stereocenters. The van der Waals surface area contributed by atoms with E-state index < -0.39 is 0 Å². The Kier molecular flexibility index (Phi) is 3.70. The molecule has 0 fully saturated rings. The highest BCUT2D eigenvalue weighted by molar-refractivity contribution is 5.96. The Balaban J connectivity index is 1.90. The second-order valence-corrected chi connectivity index (χ2v) is 4.20. The number of rotatable bonds is 5. The predicted octanol–water partition coefficient (Wildman–Crippen LogP) is -1.58. The van der Waals surface area contributed by atoms with Crippen molar-refractivity contribution >= 4 is 18.5 Å². The standard InChI is InChI=1S/C10H17N5O2/c11-9-8-10(13-5-12-9)15(6-14-8)2-1-7(3-16)4-17/h5-8,10,16-17H,1-4H2,(H2,11,12,13). The highest BCUT2D eigenvalue weighted by Gasteiger charge is 2.34. The van der Waals surface area contributed by atoms with E-state index in [0.717, 1.165) is 0 Å². The molecule has 0 bridgehead atoms. The summed E-state index contributed by atoms with van der Waals surface area (Å²) in [6.07, 6.45) is 3.74. The predicted molar refractivity (Wildman–Crippen MR) is 65.2 cm³/mol. The zero-order chi connectivity index (χ0) is 12.3. The van der Waals surface area contributed by atoms with E-state index in [1.165, 1.54) is 6.34 Å². The maximum absolute atomic E-state index is 8.99. The molecule has 0 aliphatic carbocycles. The molecule has 7 heteroatoms. The normalized spacial score (nSPS) is 26.5. The molecule has 2 heterocycles. The Hall–Kier alpha value is -1.47. The van der Waals surface area contributed by atoms with Crippen molar-refractivity contribution < 1.29 is 10.2 Å². The van der Waals surface area contributed by atoms with Gasteiger partial charge in [0.25, 0.3) is 0 Å². The first-order valence-corrected chi connectivity index (χ1v) is 5.62. The van der Waals surface area contributed by atoms with Gasteiger partial charge in [0, 0.05) is 25.7 Å².